The van der Waals surface area contributed by atoms with Crippen LogP contribution in [0.2, 0.25) is 0 Å². The van der Waals surface area contributed by atoms with Crippen molar-refractivity contribution >= 4 is 5.91 Å². The Morgan fingerprint density at radius 2 is 1.81 bits per heavy atom. The summed E-state index contributed by atoms with van der Waals surface area (Å²) in [5.74, 6) is -0.471. The number of halogens is 1. The third-order valence-corrected chi connectivity index (χ3v) is 5.61. The summed E-state index contributed by atoms with van der Waals surface area (Å²) in [6.45, 7) is 4.25. The number of carbonyl (C=O) groups is 1. The van der Waals surface area contributed by atoms with Gasteiger partial charge in [0.25, 0.3) is 11.5 Å². The summed E-state index contributed by atoms with van der Waals surface area (Å²) in [6, 6.07) is 13.1. The van der Waals surface area contributed by atoms with Crippen molar-refractivity contribution in [3.05, 3.63) is 92.0 Å². The van der Waals surface area contributed by atoms with E-state index < -0.39 is 28.7 Å². The van der Waals surface area contributed by atoms with E-state index in [2.05, 4.69) is 24.3 Å². The third kappa shape index (κ3) is 4.54. The Balaban J connectivity index is 1.81. The Kier molecular flexibility index (Phi) is 6.03. The topological polar surface area (TPSA) is 86.0 Å². The SMILES string of the molecule is CC(C)c1ccc(-n2nc(C(=O)NCC3CC3)c(=O)n(Cc3ccccc3F)c2=O)cc1. The van der Waals surface area contributed by atoms with Crippen molar-refractivity contribution in [3.8, 4) is 5.69 Å². The first-order chi connectivity index (χ1) is 15.3. The van der Waals surface area contributed by atoms with Gasteiger partial charge in [-0.3, -0.25) is 14.2 Å². The average molecular weight is 436 g/mol. The van der Waals surface area contributed by atoms with Crippen molar-refractivity contribution in [1.82, 2.24) is 19.7 Å². The maximum absolute atomic E-state index is 14.2. The fourth-order valence-electron chi connectivity index (χ4n) is 3.40. The highest BCUT2D eigenvalue weighted by Crippen LogP contribution is 2.27. The molecule has 3 aromatic rings. The number of hydrogen-bond acceptors (Lipinski definition) is 4. The van der Waals surface area contributed by atoms with Crippen LogP contribution >= 0.6 is 0 Å². The molecular formula is C24H25FN4O3. The van der Waals surface area contributed by atoms with Crippen LogP contribution in [0.1, 0.15) is 54.2 Å². The predicted molar refractivity (Wildman–Crippen MR) is 119 cm³/mol. The molecular weight excluding hydrogens is 411 g/mol. The zero-order valence-corrected chi connectivity index (χ0v) is 18.0. The number of carbonyl (C=O) groups excluding carboxylic acids is 1. The summed E-state index contributed by atoms with van der Waals surface area (Å²) >= 11 is 0. The second kappa shape index (κ2) is 8.90. The molecule has 2 aromatic carbocycles. The maximum atomic E-state index is 14.2. The van der Waals surface area contributed by atoms with Gasteiger partial charge in [0.2, 0.25) is 5.69 Å². The summed E-state index contributed by atoms with van der Waals surface area (Å²) in [7, 11) is 0. The van der Waals surface area contributed by atoms with Crippen LogP contribution in [-0.2, 0) is 6.54 Å². The van der Waals surface area contributed by atoms with Gasteiger partial charge in [0.15, 0.2) is 0 Å². The first kappa shape index (κ1) is 21.7. The van der Waals surface area contributed by atoms with E-state index in [0.717, 1.165) is 27.7 Å². The number of hydrogen-bond donors (Lipinski definition) is 1. The van der Waals surface area contributed by atoms with Crippen molar-refractivity contribution in [1.29, 1.82) is 0 Å². The van der Waals surface area contributed by atoms with Crippen molar-refractivity contribution in [2.45, 2.75) is 39.2 Å². The van der Waals surface area contributed by atoms with Crippen LogP contribution in [0, 0.1) is 11.7 Å². The van der Waals surface area contributed by atoms with Crippen LogP contribution < -0.4 is 16.6 Å². The molecule has 0 bridgehead atoms. The molecule has 1 aromatic heterocycles. The molecule has 0 radical (unpaired) electrons. The molecule has 1 fully saturated rings. The van der Waals surface area contributed by atoms with Gasteiger partial charge in [-0.25, -0.2) is 9.18 Å². The number of aromatic nitrogens is 3. The van der Waals surface area contributed by atoms with Crippen molar-refractivity contribution < 1.29 is 9.18 Å². The summed E-state index contributed by atoms with van der Waals surface area (Å²) in [5, 5.41) is 6.83. The van der Waals surface area contributed by atoms with Gasteiger partial charge in [0.05, 0.1) is 12.2 Å². The van der Waals surface area contributed by atoms with E-state index in [0.29, 0.717) is 24.1 Å². The lowest BCUT2D eigenvalue weighted by Gasteiger charge is -2.13. The van der Waals surface area contributed by atoms with Crippen LogP contribution in [0.4, 0.5) is 4.39 Å². The molecule has 166 valence electrons. The lowest BCUT2D eigenvalue weighted by molar-refractivity contribution is 0.0942. The molecule has 1 N–H and O–H groups in total. The molecule has 1 heterocycles. The van der Waals surface area contributed by atoms with E-state index in [4.69, 9.17) is 0 Å². The van der Waals surface area contributed by atoms with Gasteiger partial charge >= 0.3 is 5.69 Å². The monoisotopic (exact) mass is 436 g/mol. The van der Waals surface area contributed by atoms with E-state index in [1.807, 2.05) is 12.1 Å². The highest BCUT2D eigenvalue weighted by atomic mass is 19.1. The van der Waals surface area contributed by atoms with Crippen molar-refractivity contribution in [2.24, 2.45) is 5.92 Å². The minimum atomic E-state index is -0.846. The van der Waals surface area contributed by atoms with E-state index in [1.54, 1.807) is 18.2 Å². The molecule has 4 rings (SSSR count). The molecule has 8 heteroatoms. The van der Waals surface area contributed by atoms with E-state index in [9.17, 15) is 18.8 Å². The maximum Gasteiger partial charge on any atom is 0.352 e. The fourth-order valence-corrected chi connectivity index (χ4v) is 3.40. The number of nitrogens with one attached hydrogen (secondary N) is 1. The van der Waals surface area contributed by atoms with Gasteiger partial charge < -0.3 is 5.32 Å². The van der Waals surface area contributed by atoms with Crippen molar-refractivity contribution in [3.63, 3.8) is 0 Å². The largest absolute Gasteiger partial charge is 0.352 e. The Morgan fingerprint density at radius 3 is 2.44 bits per heavy atom. The van der Waals surface area contributed by atoms with E-state index in [1.165, 1.54) is 18.2 Å². The molecule has 0 atom stereocenters. The number of rotatable bonds is 7. The van der Waals surface area contributed by atoms with Gasteiger partial charge in [-0.15, -0.1) is 0 Å². The van der Waals surface area contributed by atoms with Gasteiger partial charge in [0.1, 0.15) is 5.82 Å². The normalized spacial score (nSPS) is 13.4. The van der Waals surface area contributed by atoms with Gasteiger partial charge in [0, 0.05) is 12.1 Å². The Bertz CT molecular complexity index is 1260. The summed E-state index contributed by atoms with van der Waals surface area (Å²) < 4.78 is 16.1. The zero-order valence-electron chi connectivity index (χ0n) is 18.0. The molecule has 0 unspecified atom stereocenters. The van der Waals surface area contributed by atoms with Gasteiger partial charge in [-0.05, 0) is 48.4 Å². The number of benzene rings is 2. The lowest BCUT2D eigenvalue weighted by atomic mass is 10.0. The third-order valence-electron chi connectivity index (χ3n) is 5.61. The number of nitrogens with zero attached hydrogens (tertiary/aromatic N) is 3. The highest BCUT2D eigenvalue weighted by molar-refractivity contribution is 5.91. The highest BCUT2D eigenvalue weighted by Gasteiger charge is 2.25. The lowest BCUT2D eigenvalue weighted by Crippen LogP contribution is -2.46. The Labute approximate surface area is 184 Å². The first-order valence-corrected chi connectivity index (χ1v) is 10.7. The first-order valence-electron chi connectivity index (χ1n) is 10.7. The molecule has 0 spiro atoms. The van der Waals surface area contributed by atoms with Crippen LogP contribution in [0.3, 0.4) is 0 Å². The predicted octanol–water partition coefficient (Wildman–Crippen LogP) is 2.84. The van der Waals surface area contributed by atoms with Crippen LogP contribution in [0.15, 0.2) is 58.1 Å². The van der Waals surface area contributed by atoms with Crippen LogP contribution in [-0.4, -0.2) is 26.8 Å². The second-order valence-corrected chi connectivity index (χ2v) is 8.43. The molecule has 7 nitrogen and oxygen atoms in total. The van der Waals surface area contributed by atoms with Crippen LogP contribution in [0.5, 0.6) is 0 Å². The molecule has 32 heavy (non-hydrogen) atoms. The molecule has 1 amide bonds. The second-order valence-electron chi connectivity index (χ2n) is 8.43. The zero-order chi connectivity index (χ0) is 22.8. The van der Waals surface area contributed by atoms with Gasteiger partial charge in [-0.2, -0.15) is 9.78 Å². The summed E-state index contributed by atoms with van der Waals surface area (Å²) in [4.78, 5) is 39.0. The van der Waals surface area contributed by atoms with E-state index >= 15 is 0 Å². The minimum absolute atomic E-state index is 0.170. The molecule has 0 saturated heterocycles. The fraction of sp³-hybridized carbons (Fsp3) is 0.333. The Hall–Kier alpha value is -3.55. The number of amides is 1. The molecule has 1 aliphatic carbocycles. The summed E-state index contributed by atoms with van der Waals surface area (Å²) in [6.07, 6.45) is 2.07. The molecule has 1 aliphatic rings. The standard InChI is InChI=1S/C24H25FN4O3/c1-15(2)17-9-11-19(12-10-17)29-24(32)28(14-18-5-3-4-6-20(18)25)23(31)21(27-29)22(30)26-13-16-7-8-16/h3-6,9-12,15-16H,7-8,13-14H2,1-2H3,(H,26,30). The average Bonchev–Trinajstić information content (AvgIpc) is 3.61. The van der Waals surface area contributed by atoms with Crippen LogP contribution in [0.25, 0.3) is 5.69 Å². The minimum Gasteiger partial charge on any atom is -0.350 e. The quantitative estimate of drug-likeness (QED) is 0.617. The smallest absolute Gasteiger partial charge is 0.350 e. The van der Waals surface area contributed by atoms with Crippen molar-refractivity contribution in [2.75, 3.05) is 6.54 Å². The molecule has 0 aliphatic heterocycles. The Morgan fingerprint density at radius 1 is 1.12 bits per heavy atom. The van der Waals surface area contributed by atoms with Gasteiger partial charge in [-0.1, -0.05) is 44.2 Å². The molecule has 1 saturated carbocycles. The summed E-state index contributed by atoms with van der Waals surface area (Å²) in [5.41, 5.74) is -0.323. The van der Waals surface area contributed by atoms with E-state index in [-0.39, 0.29) is 12.1 Å².